The predicted octanol–water partition coefficient (Wildman–Crippen LogP) is 5.23. The number of carbonyl (C=O) groups excluding carboxylic acids is 3. The van der Waals surface area contributed by atoms with E-state index in [1.807, 2.05) is 49.4 Å². The molecule has 35 heavy (non-hydrogen) atoms. The molecule has 8 heteroatoms. The number of para-hydroxylation sites is 2. The van der Waals surface area contributed by atoms with Gasteiger partial charge in [-0.3, -0.25) is 14.4 Å². The first kappa shape index (κ1) is 24.3. The van der Waals surface area contributed by atoms with E-state index in [2.05, 4.69) is 5.32 Å². The fourth-order valence-electron chi connectivity index (χ4n) is 3.92. The molecule has 180 valence electrons. The zero-order chi connectivity index (χ0) is 24.8. The van der Waals surface area contributed by atoms with Gasteiger partial charge in [0.2, 0.25) is 5.91 Å². The molecule has 2 amide bonds. The number of nitrogens with zero attached hydrogens (tertiary/aromatic N) is 1. The van der Waals surface area contributed by atoms with E-state index in [9.17, 15) is 14.4 Å². The second kappa shape index (κ2) is 11.1. The Bertz CT molecular complexity index is 1230. The quantitative estimate of drug-likeness (QED) is 0.435. The minimum absolute atomic E-state index is 0.0435. The molecule has 1 saturated heterocycles. The SMILES string of the molecule is CCc1ccccc1N1CC(C(=O)OCC(=O)Nc2cc(Cl)ccc2Oc2ccccc2)CC1=O. The van der Waals surface area contributed by atoms with Crippen molar-refractivity contribution in [3.63, 3.8) is 0 Å². The molecule has 0 bridgehead atoms. The van der Waals surface area contributed by atoms with Gasteiger partial charge >= 0.3 is 5.97 Å². The van der Waals surface area contributed by atoms with Crippen LogP contribution in [-0.4, -0.2) is 30.9 Å². The number of halogens is 1. The van der Waals surface area contributed by atoms with Gasteiger partial charge in [0.05, 0.1) is 11.6 Å². The van der Waals surface area contributed by atoms with E-state index in [1.54, 1.807) is 35.2 Å². The number of nitrogens with one attached hydrogen (secondary N) is 1. The lowest BCUT2D eigenvalue weighted by atomic mass is 10.1. The molecule has 1 aliphatic rings. The molecule has 7 nitrogen and oxygen atoms in total. The highest BCUT2D eigenvalue weighted by Crippen LogP contribution is 2.32. The molecular formula is C27H25ClN2O5. The average molecular weight is 493 g/mol. The van der Waals surface area contributed by atoms with Crippen LogP contribution in [0.4, 0.5) is 11.4 Å². The van der Waals surface area contributed by atoms with Crippen molar-refractivity contribution in [3.05, 3.63) is 83.4 Å². The molecule has 0 spiro atoms. The third-order valence-electron chi connectivity index (χ3n) is 5.65. The average Bonchev–Trinajstić information content (AvgIpc) is 3.26. The van der Waals surface area contributed by atoms with Crippen LogP contribution in [0, 0.1) is 5.92 Å². The molecule has 1 fully saturated rings. The van der Waals surface area contributed by atoms with Gasteiger partial charge in [-0.05, 0) is 48.4 Å². The lowest BCUT2D eigenvalue weighted by Gasteiger charge is -2.19. The van der Waals surface area contributed by atoms with Crippen LogP contribution in [0.3, 0.4) is 0 Å². The topological polar surface area (TPSA) is 84.9 Å². The maximum Gasteiger partial charge on any atom is 0.311 e. The van der Waals surface area contributed by atoms with Crippen molar-refractivity contribution >= 4 is 40.8 Å². The van der Waals surface area contributed by atoms with Crippen molar-refractivity contribution in [3.8, 4) is 11.5 Å². The van der Waals surface area contributed by atoms with Crippen LogP contribution in [0.2, 0.25) is 5.02 Å². The standard InChI is InChI=1S/C27H25ClN2O5/c1-2-18-8-6-7-11-23(18)30-16-19(14-26(30)32)27(33)34-17-25(31)29-22-15-20(28)12-13-24(22)35-21-9-4-3-5-10-21/h3-13,15,19H,2,14,16-17H2,1H3,(H,29,31). The third kappa shape index (κ3) is 6.00. The Labute approximate surface area is 208 Å². The van der Waals surface area contributed by atoms with E-state index < -0.39 is 24.4 Å². The van der Waals surface area contributed by atoms with E-state index in [-0.39, 0.29) is 18.9 Å². The number of carbonyl (C=O) groups is 3. The largest absolute Gasteiger partial charge is 0.455 e. The Balaban J connectivity index is 1.35. The molecule has 0 saturated carbocycles. The maximum absolute atomic E-state index is 12.6. The summed E-state index contributed by atoms with van der Waals surface area (Å²) in [5.41, 5.74) is 2.19. The molecule has 3 aromatic rings. The van der Waals surface area contributed by atoms with Crippen molar-refractivity contribution in [2.75, 3.05) is 23.4 Å². The minimum atomic E-state index is -0.636. The highest BCUT2D eigenvalue weighted by molar-refractivity contribution is 6.31. The van der Waals surface area contributed by atoms with Gasteiger partial charge in [-0.25, -0.2) is 0 Å². The number of hydrogen-bond acceptors (Lipinski definition) is 5. The number of rotatable bonds is 8. The van der Waals surface area contributed by atoms with Crippen molar-refractivity contribution in [1.29, 1.82) is 0 Å². The molecule has 1 unspecified atom stereocenters. The Morgan fingerprint density at radius 3 is 2.57 bits per heavy atom. The Kier molecular flexibility index (Phi) is 7.67. The lowest BCUT2D eigenvalue weighted by molar-refractivity contribution is -0.151. The van der Waals surface area contributed by atoms with Crippen molar-refractivity contribution in [2.45, 2.75) is 19.8 Å². The van der Waals surface area contributed by atoms with Crippen LogP contribution in [0.1, 0.15) is 18.9 Å². The Morgan fingerprint density at radius 1 is 1.06 bits per heavy atom. The smallest absolute Gasteiger partial charge is 0.311 e. The van der Waals surface area contributed by atoms with Crippen LogP contribution in [0.5, 0.6) is 11.5 Å². The Hall–Kier alpha value is -3.84. The molecule has 1 heterocycles. The lowest BCUT2D eigenvalue weighted by Crippen LogP contribution is -2.28. The molecule has 0 radical (unpaired) electrons. The number of ether oxygens (including phenoxy) is 2. The van der Waals surface area contributed by atoms with Crippen LogP contribution >= 0.6 is 11.6 Å². The Morgan fingerprint density at radius 2 is 1.80 bits per heavy atom. The van der Waals surface area contributed by atoms with Crippen LogP contribution in [0.15, 0.2) is 72.8 Å². The van der Waals surface area contributed by atoms with Gasteiger partial charge in [0.25, 0.3) is 5.91 Å². The maximum atomic E-state index is 12.6. The monoisotopic (exact) mass is 492 g/mol. The van der Waals surface area contributed by atoms with E-state index in [1.165, 1.54) is 0 Å². The zero-order valence-corrected chi connectivity index (χ0v) is 20.0. The fourth-order valence-corrected chi connectivity index (χ4v) is 4.09. The fraction of sp³-hybridized carbons (Fsp3) is 0.222. The summed E-state index contributed by atoms with van der Waals surface area (Å²) in [6.07, 6.45) is 0.816. The minimum Gasteiger partial charge on any atom is -0.455 e. The van der Waals surface area contributed by atoms with E-state index in [0.717, 1.165) is 17.7 Å². The van der Waals surface area contributed by atoms with E-state index in [4.69, 9.17) is 21.1 Å². The zero-order valence-electron chi connectivity index (χ0n) is 19.2. The predicted molar refractivity (Wildman–Crippen MR) is 134 cm³/mol. The summed E-state index contributed by atoms with van der Waals surface area (Å²) in [6, 6.07) is 21.6. The highest BCUT2D eigenvalue weighted by Gasteiger charge is 2.37. The molecule has 0 aliphatic carbocycles. The number of benzene rings is 3. The first-order valence-electron chi connectivity index (χ1n) is 11.3. The summed E-state index contributed by atoms with van der Waals surface area (Å²) < 4.78 is 11.1. The molecule has 1 aliphatic heterocycles. The second-order valence-electron chi connectivity index (χ2n) is 8.10. The van der Waals surface area contributed by atoms with Gasteiger partial charge in [0.15, 0.2) is 12.4 Å². The summed E-state index contributed by atoms with van der Waals surface area (Å²) in [4.78, 5) is 39.3. The van der Waals surface area contributed by atoms with Gasteiger partial charge in [0, 0.05) is 23.7 Å². The number of anilines is 2. The second-order valence-corrected chi connectivity index (χ2v) is 8.54. The highest BCUT2D eigenvalue weighted by atomic mass is 35.5. The number of amides is 2. The van der Waals surface area contributed by atoms with Crippen LogP contribution in [0.25, 0.3) is 0 Å². The van der Waals surface area contributed by atoms with Gasteiger partial charge in [-0.2, -0.15) is 0 Å². The molecular weight excluding hydrogens is 468 g/mol. The summed E-state index contributed by atoms with van der Waals surface area (Å²) in [7, 11) is 0. The molecule has 1 N–H and O–H groups in total. The number of hydrogen-bond donors (Lipinski definition) is 1. The van der Waals surface area contributed by atoms with Crippen LogP contribution in [-0.2, 0) is 25.5 Å². The van der Waals surface area contributed by atoms with Crippen LogP contribution < -0.4 is 15.0 Å². The van der Waals surface area contributed by atoms with Crippen molar-refractivity contribution in [1.82, 2.24) is 0 Å². The first-order chi connectivity index (χ1) is 16.9. The summed E-state index contributed by atoms with van der Waals surface area (Å²) in [5, 5.41) is 3.08. The molecule has 1 atom stereocenters. The van der Waals surface area contributed by atoms with Crippen molar-refractivity contribution in [2.24, 2.45) is 5.92 Å². The van der Waals surface area contributed by atoms with E-state index >= 15 is 0 Å². The van der Waals surface area contributed by atoms with Gasteiger partial charge in [-0.15, -0.1) is 0 Å². The summed E-state index contributed by atoms with van der Waals surface area (Å²) in [6.45, 7) is 1.74. The molecule has 0 aromatic heterocycles. The van der Waals surface area contributed by atoms with E-state index in [0.29, 0.717) is 22.2 Å². The number of esters is 1. The van der Waals surface area contributed by atoms with Gasteiger partial charge in [0.1, 0.15) is 5.75 Å². The molecule has 3 aromatic carbocycles. The summed E-state index contributed by atoms with van der Waals surface area (Å²) in [5.74, 6) is -0.918. The van der Waals surface area contributed by atoms with Gasteiger partial charge in [-0.1, -0.05) is 54.9 Å². The third-order valence-corrected chi connectivity index (χ3v) is 5.89. The number of aryl methyl sites for hydroxylation is 1. The first-order valence-corrected chi connectivity index (χ1v) is 11.7. The van der Waals surface area contributed by atoms with Gasteiger partial charge < -0.3 is 19.7 Å². The van der Waals surface area contributed by atoms with Crippen molar-refractivity contribution < 1.29 is 23.9 Å². The molecule has 4 rings (SSSR count). The summed E-state index contributed by atoms with van der Waals surface area (Å²) >= 11 is 6.09. The normalized spacial score (nSPS) is 15.1.